The number of aromatic nitrogens is 5. The maximum atomic E-state index is 3.85. The lowest BCUT2D eigenvalue weighted by molar-refractivity contribution is 0.583. The van der Waals surface area contributed by atoms with E-state index in [1.807, 2.05) is 12.3 Å². The lowest BCUT2D eigenvalue weighted by Gasteiger charge is -1.96. The first-order valence-corrected chi connectivity index (χ1v) is 3.77. The molecule has 5 nitrogen and oxygen atoms in total. The number of aromatic amines is 1. The molecule has 2 aromatic rings. The molecule has 2 aromatic heterocycles. The Labute approximate surface area is 69.4 Å². The molecule has 0 amide bonds. The SMILES string of the molecule is c1cn(CCc2ccn[nH]2)nn1. The topological polar surface area (TPSA) is 59.4 Å². The highest BCUT2D eigenvalue weighted by Crippen LogP contribution is 1.94. The minimum atomic E-state index is 0.836. The van der Waals surface area contributed by atoms with Crippen LogP contribution >= 0.6 is 0 Å². The van der Waals surface area contributed by atoms with Gasteiger partial charge in [0.05, 0.1) is 6.20 Å². The number of nitrogens with zero attached hydrogens (tertiary/aromatic N) is 4. The summed E-state index contributed by atoms with van der Waals surface area (Å²) in [6, 6.07) is 1.96. The van der Waals surface area contributed by atoms with Gasteiger partial charge >= 0.3 is 0 Å². The molecule has 62 valence electrons. The van der Waals surface area contributed by atoms with Crippen LogP contribution in [-0.4, -0.2) is 25.2 Å². The molecule has 0 aliphatic rings. The number of hydrogen-bond donors (Lipinski definition) is 1. The molecule has 5 heteroatoms. The highest BCUT2D eigenvalue weighted by molar-refractivity contribution is 4.96. The largest absolute Gasteiger partial charge is 0.283 e. The maximum Gasteiger partial charge on any atom is 0.0692 e. The summed E-state index contributed by atoms with van der Waals surface area (Å²) < 4.78 is 1.79. The van der Waals surface area contributed by atoms with Crippen molar-refractivity contribution in [2.75, 3.05) is 0 Å². The minimum Gasteiger partial charge on any atom is -0.283 e. The number of hydrogen-bond acceptors (Lipinski definition) is 3. The molecule has 0 radical (unpaired) electrons. The normalized spacial score (nSPS) is 10.3. The molecule has 0 aliphatic carbocycles. The van der Waals surface area contributed by atoms with Crippen LogP contribution in [-0.2, 0) is 13.0 Å². The van der Waals surface area contributed by atoms with Gasteiger partial charge in [0, 0.05) is 31.1 Å². The molecule has 0 spiro atoms. The number of rotatable bonds is 3. The predicted octanol–water partition coefficient (Wildman–Crippen LogP) is 0.244. The molecule has 1 N–H and O–H groups in total. The molecule has 0 aliphatic heterocycles. The van der Waals surface area contributed by atoms with Gasteiger partial charge in [0.15, 0.2) is 0 Å². The lowest BCUT2D eigenvalue weighted by Crippen LogP contribution is -2.02. The van der Waals surface area contributed by atoms with Crippen LogP contribution in [0.5, 0.6) is 0 Å². The molecule has 0 fully saturated rings. The highest BCUT2D eigenvalue weighted by atomic mass is 15.4. The predicted molar refractivity (Wildman–Crippen MR) is 42.3 cm³/mol. The second kappa shape index (κ2) is 3.17. The third kappa shape index (κ3) is 1.50. The summed E-state index contributed by atoms with van der Waals surface area (Å²) in [7, 11) is 0. The zero-order chi connectivity index (χ0) is 8.23. The molecular formula is C7H9N5. The summed E-state index contributed by atoms with van der Waals surface area (Å²) in [5.74, 6) is 0. The molecule has 0 bridgehead atoms. The molecule has 12 heavy (non-hydrogen) atoms. The Bertz CT molecular complexity index is 275. The van der Waals surface area contributed by atoms with Crippen LogP contribution in [0, 0.1) is 0 Å². The molecule has 2 heterocycles. The van der Waals surface area contributed by atoms with E-state index in [0.717, 1.165) is 18.7 Å². The van der Waals surface area contributed by atoms with Crippen LogP contribution in [0.25, 0.3) is 0 Å². The summed E-state index contributed by atoms with van der Waals surface area (Å²) in [6.07, 6.45) is 6.17. The summed E-state index contributed by atoms with van der Waals surface area (Å²) in [4.78, 5) is 0. The third-order valence-electron chi connectivity index (χ3n) is 1.64. The Morgan fingerprint density at radius 2 is 2.42 bits per heavy atom. The van der Waals surface area contributed by atoms with Crippen LogP contribution in [0.15, 0.2) is 24.7 Å². The smallest absolute Gasteiger partial charge is 0.0692 e. The Balaban J connectivity index is 1.91. The lowest BCUT2D eigenvalue weighted by atomic mass is 10.3. The van der Waals surface area contributed by atoms with Crippen molar-refractivity contribution in [3.05, 3.63) is 30.4 Å². The van der Waals surface area contributed by atoms with Gasteiger partial charge in [0.2, 0.25) is 0 Å². The zero-order valence-corrected chi connectivity index (χ0v) is 6.51. The average molecular weight is 163 g/mol. The molecule has 0 aromatic carbocycles. The molecule has 0 atom stereocenters. The van der Waals surface area contributed by atoms with Crippen LogP contribution < -0.4 is 0 Å². The number of aryl methyl sites for hydroxylation is 2. The fraction of sp³-hybridized carbons (Fsp3) is 0.286. The van der Waals surface area contributed by atoms with Gasteiger partial charge in [0.1, 0.15) is 0 Å². The monoisotopic (exact) mass is 163 g/mol. The average Bonchev–Trinajstić information content (AvgIpc) is 2.74. The Morgan fingerprint density at radius 1 is 1.42 bits per heavy atom. The molecule has 2 rings (SSSR count). The van der Waals surface area contributed by atoms with Gasteiger partial charge in [-0.1, -0.05) is 5.21 Å². The van der Waals surface area contributed by atoms with E-state index in [0.29, 0.717) is 0 Å². The van der Waals surface area contributed by atoms with Crippen molar-refractivity contribution in [2.24, 2.45) is 0 Å². The molecule has 0 saturated heterocycles. The number of nitrogens with one attached hydrogen (secondary N) is 1. The maximum absolute atomic E-state index is 3.85. The van der Waals surface area contributed by atoms with E-state index in [2.05, 4.69) is 20.5 Å². The van der Waals surface area contributed by atoms with Crippen LogP contribution in [0.3, 0.4) is 0 Å². The van der Waals surface area contributed by atoms with E-state index >= 15 is 0 Å². The van der Waals surface area contributed by atoms with Crippen molar-refractivity contribution >= 4 is 0 Å². The first kappa shape index (κ1) is 7.02. The zero-order valence-electron chi connectivity index (χ0n) is 6.51. The van der Waals surface area contributed by atoms with Crippen molar-refractivity contribution in [1.82, 2.24) is 25.2 Å². The quantitative estimate of drug-likeness (QED) is 0.705. The summed E-state index contributed by atoms with van der Waals surface area (Å²) >= 11 is 0. The van der Waals surface area contributed by atoms with E-state index < -0.39 is 0 Å². The fourth-order valence-electron chi connectivity index (χ4n) is 1.01. The Hall–Kier alpha value is -1.65. The fourth-order valence-corrected chi connectivity index (χ4v) is 1.01. The van der Waals surface area contributed by atoms with Gasteiger partial charge in [-0.05, 0) is 6.07 Å². The molecule has 0 saturated carbocycles. The van der Waals surface area contributed by atoms with Crippen molar-refractivity contribution < 1.29 is 0 Å². The van der Waals surface area contributed by atoms with Gasteiger partial charge in [-0.3, -0.25) is 9.78 Å². The van der Waals surface area contributed by atoms with E-state index in [4.69, 9.17) is 0 Å². The van der Waals surface area contributed by atoms with Crippen LogP contribution in [0.1, 0.15) is 5.69 Å². The van der Waals surface area contributed by atoms with E-state index in [1.165, 1.54) is 0 Å². The van der Waals surface area contributed by atoms with Crippen molar-refractivity contribution in [2.45, 2.75) is 13.0 Å². The van der Waals surface area contributed by atoms with Gasteiger partial charge < -0.3 is 0 Å². The van der Waals surface area contributed by atoms with E-state index in [1.54, 1.807) is 17.1 Å². The first-order valence-electron chi connectivity index (χ1n) is 3.77. The van der Waals surface area contributed by atoms with Crippen molar-refractivity contribution in [3.8, 4) is 0 Å². The van der Waals surface area contributed by atoms with Crippen molar-refractivity contribution in [1.29, 1.82) is 0 Å². The van der Waals surface area contributed by atoms with Gasteiger partial charge in [-0.2, -0.15) is 5.10 Å². The summed E-state index contributed by atoms with van der Waals surface area (Å²) in [6.45, 7) is 0.836. The third-order valence-corrected chi connectivity index (χ3v) is 1.64. The molecular weight excluding hydrogens is 154 g/mol. The highest BCUT2D eigenvalue weighted by Gasteiger charge is 1.94. The summed E-state index contributed by atoms with van der Waals surface area (Å²) in [5, 5.41) is 14.3. The van der Waals surface area contributed by atoms with Crippen LogP contribution in [0.2, 0.25) is 0 Å². The van der Waals surface area contributed by atoms with Gasteiger partial charge in [0.25, 0.3) is 0 Å². The second-order valence-electron chi connectivity index (χ2n) is 2.50. The van der Waals surface area contributed by atoms with Crippen molar-refractivity contribution in [3.63, 3.8) is 0 Å². The van der Waals surface area contributed by atoms with Gasteiger partial charge in [-0.25, -0.2) is 0 Å². The van der Waals surface area contributed by atoms with Gasteiger partial charge in [-0.15, -0.1) is 5.10 Å². The molecule has 0 unspecified atom stereocenters. The minimum absolute atomic E-state index is 0.836. The standard InChI is InChI=1S/C7H9N5/c1-3-8-10-7(1)2-5-12-6-4-9-11-12/h1,3-4,6H,2,5H2,(H,8,10). The Kier molecular flexibility index (Phi) is 1.85. The number of H-pyrrole nitrogens is 1. The first-order chi connectivity index (χ1) is 5.95. The second-order valence-corrected chi connectivity index (χ2v) is 2.50. The van der Waals surface area contributed by atoms with E-state index in [-0.39, 0.29) is 0 Å². The van der Waals surface area contributed by atoms with Crippen LogP contribution in [0.4, 0.5) is 0 Å². The van der Waals surface area contributed by atoms with E-state index in [9.17, 15) is 0 Å². The summed E-state index contributed by atoms with van der Waals surface area (Å²) in [5.41, 5.74) is 1.12. The Morgan fingerprint density at radius 3 is 3.08 bits per heavy atom.